The van der Waals surface area contributed by atoms with Gasteiger partial charge in [0.25, 0.3) is 0 Å². The van der Waals surface area contributed by atoms with Crippen LogP contribution in [0.15, 0.2) is 0 Å². The van der Waals surface area contributed by atoms with E-state index in [0.29, 0.717) is 17.1 Å². The number of carbonyl (C=O) groups excluding carboxylic acids is 1. The minimum atomic E-state index is 0.0429. The Labute approximate surface area is 164 Å². The van der Waals surface area contributed by atoms with Crippen molar-refractivity contribution in [1.29, 1.82) is 0 Å². The summed E-state index contributed by atoms with van der Waals surface area (Å²) in [6.45, 7) is 5.79. The zero-order valence-corrected chi connectivity index (χ0v) is 17.8. The number of ketones is 1. The fourth-order valence-electron chi connectivity index (χ4n) is 7.70. The number of hydrogen-bond donors (Lipinski definition) is 1. The summed E-state index contributed by atoms with van der Waals surface area (Å²) < 4.78 is 0. The Morgan fingerprint density at radius 3 is 2.73 bits per heavy atom. The van der Waals surface area contributed by atoms with Crippen LogP contribution in [0.1, 0.15) is 78.1 Å². The van der Waals surface area contributed by atoms with Crippen molar-refractivity contribution in [2.24, 2.45) is 46.2 Å². The minimum Gasteiger partial charge on any atom is -0.330 e. The lowest BCUT2D eigenvalue weighted by molar-refractivity contribution is -0.139. The van der Waals surface area contributed by atoms with Crippen LogP contribution in [0.25, 0.3) is 0 Å². The molecule has 0 aromatic heterocycles. The molecule has 3 heteroatoms. The van der Waals surface area contributed by atoms with Gasteiger partial charge in [0.2, 0.25) is 0 Å². The summed E-state index contributed by atoms with van der Waals surface area (Å²) in [5, 5.41) is 0. The average molecular weight is 378 g/mol. The lowest BCUT2D eigenvalue weighted by atomic mass is 9.45. The van der Waals surface area contributed by atoms with Gasteiger partial charge in [-0.3, -0.25) is 4.79 Å². The molecule has 2 N–H and O–H groups in total. The highest BCUT2D eigenvalue weighted by Crippen LogP contribution is 2.65. The molecule has 4 aliphatic rings. The van der Waals surface area contributed by atoms with Crippen molar-refractivity contribution in [3.63, 3.8) is 0 Å². The van der Waals surface area contributed by atoms with Crippen LogP contribution in [0.3, 0.4) is 0 Å². The van der Waals surface area contributed by atoms with E-state index in [2.05, 4.69) is 25.6 Å². The number of hydrogen-bond acceptors (Lipinski definition) is 3. The van der Waals surface area contributed by atoms with Gasteiger partial charge in [0.1, 0.15) is 5.78 Å². The quantitative estimate of drug-likeness (QED) is 0.661. The molecule has 0 heterocycles. The van der Waals surface area contributed by atoms with E-state index < -0.39 is 0 Å². The number of thioether (sulfide) groups is 1. The molecule has 7 unspecified atom stereocenters. The molecule has 0 amide bonds. The Balaban J connectivity index is 1.42. The smallest absolute Gasteiger partial charge is 0.139 e. The van der Waals surface area contributed by atoms with Crippen molar-refractivity contribution < 1.29 is 4.79 Å². The van der Waals surface area contributed by atoms with E-state index in [-0.39, 0.29) is 5.41 Å². The lowest BCUT2D eigenvalue weighted by Gasteiger charge is -2.60. The maximum absolute atomic E-state index is 12.5. The van der Waals surface area contributed by atoms with E-state index >= 15 is 0 Å². The predicted octanol–water partition coefficient (Wildman–Crippen LogP) is 5.30. The maximum atomic E-state index is 12.5. The molecule has 4 fully saturated rings. The Kier molecular flexibility index (Phi) is 5.51. The SMILES string of the molecule is CC12CCC3C(CCC4CC(CSCCCN)CCC43C)C1CCC2=O. The Morgan fingerprint density at radius 1 is 1.08 bits per heavy atom. The monoisotopic (exact) mass is 377 g/mol. The molecule has 0 saturated heterocycles. The van der Waals surface area contributed by atoms with Crippen molar-refractivity contribution in [3.8, 4) is 0 Å². The Hall–Kier alpha value is -0.0200. The van der Waals surface area contributed by atoms with Gasteiger partial charge in [0.05, 0.1) is 0 Å². The van der Waals surface area contributed by atoms with E-state index in [1.165, 1.54) is 69.3 Å². The third-order valence-corrected chi connectivity index (χ3v) is 10.6. The number of rotatable bonds is 5. The van der Waals surface area contributed by atoms with Gasteiger partial charge in [0, 0.05) is 11.8 Å². The first-order valence-corrected chi connectivity index (χ1v) is 12.5. The molecule has 7 atom stereocenters. The van der Waals surface area contributed by atoms with E-state index in [1.807, 2.05) is 0 Å². The van der Waals surface area contributed by atoms with Crippen LogP contribution in [0.2, 0.25) is 0 Å². The summed E-state index contributed by atoms with van der Waals surface area (Å²) in [5.74, 6) is 7.52. The molecule has 4 saturated carbocycles. The minimum absolute atomic E-state index is 0.0429. The molecule has 0 radical (unpaired) electrons. The second-order valence-corrected chi connectivity index (χ2v) is 11.6. The van der Waals surface area contributed by atoms with Gasteiger partial charge in [-0.25, -0.2) is 0 Å². The van der Waals surface area contributed by atoms with Crippen LogP contribution in [0, 0.1) is 40.4 Å². The lowest BCUT2D eigenvalue weighted by Crippen LogP contribution is -2.53. The third-order valence-electron chi connectivity index (χ3n) is 9.33. The molecule has 2 nitrogen and oxygen atoms in total. The predicted molar refractivity (Wildman–Crippen MR) is 111 cm³/mol. The molecule has 0 spiro atoms. The zero-order valence-electron chi connectivity index (χ0n) is 17.0. The van der Waals surface area contributed by atoms with Gasteiger partial charge < -0.3 is 5.73 Å². The number of fused-ring (bicyclic) bond motifs is 5. The summed E-state index contributed by atoms with van der Waals surface area (Å²) in [7, 11) is 0. The molecule has 0 aliphatic heterocycles. The molecule has 0 bridgehead atoms. The molecular weight excluding hydrogens is 338 g/mol. The second kappa shape index (κ2) is 7.43. The first-order chi connectivity index (χ1) is 12.5. The van der Waals surface area contributed by atoms with Crippen molar-refractivity contribution in [3.05, 3.63) is 0 Å². The van der Waals surface area contributed by atoms with E-state index in [0.717, 1.165) is 36.6 Å². The fourth-order valence-corrected chi connectivity index (χ4v) is 8.88. The van der Waals surface area contributed by atoms with Crippen molar-refractivity contribution in [1.82, 2.24) is 0 Å². The first kappa shape index (κ1) is 19.3. The van der Waals surface area contributed by atoms with Gasteiger partial charge in [-0.2, -0.15) is 11.8 Å². The van der Waals surface area contributed by atoms with Crippen molar-refractivity contribution in [2.45, 2.75) is 78.1 Å². The zero-order chi connectivity index (χ0) is 18.4. The summed E-state index contributed by atoms with van der Waals surface area (Å²) in [5.41, 5.74) is 6.24. The van der Waals surface area contributed by atoms with Crippen molar-refractivity contribution in [2.75, 3.05) is 18.1 Å². The summed E-state index contributed by atoms with van der Waals surface area (Å²) in [4.78, 5) is 12.5. The third kappa shape index (κ3) is 3.09. The first-order valence-electron chi connectivity index (χ1n) is 11.3. The Bertz CT molecular complexity index is 536. The van der Waals surface area contributed by atoms with E-state index in [9.17, 15) is 4.79 Å². The standard InChI is InChI=1S/C23H39NOS/c1-22-10-8-16(15-26-13-3-12-24)14-17(22)4-5-18-19-6-7-21(25)23(19,2)11-9-20(18)22/h16-20H,3-15,24H2,1-2H3. The second-order valence-electron chi connectivity index (χ2n) is 10.4. The van der Waals surface area contributed by atoms with Gasteiger partial charge in [-0.15, -0.1) is 0 Å². The van der Waals surface area contributed by atoms with E-state index in [1.54, 1.807) is 0 Å². The number of nitrogens with two attached hydrogens (primary N) is 1. The Morgan fingerprint density at radius 2 is 1.92 bits per heavy atom. The van der Waals surface area contributed by atoms with E-state index in [4.69, 9.17) is 5.73 Å². The normalized spacial score (nSPS) is 48.0. The molecule has 4 aliphatic carbocycles. The molecule has 0 aromatic carbocycles. The summed E-state index contributed by atoms with van der Waals surface area (Å²) >= 11 is 2.14. The molecule has 0 aromatic rings. The van der Waals surface area contributed by atoms with Crippen LogP contribution in [-0.2, 0) is 4.79 Å². The van der Waals surface area contributed by atoms with Crippen LogP contribution < -0.4 is 5.73 Å². The van der Waals surface area contributed by atoms with Crippen LogP contribution >= 0.6 is 11.8 Å². The summed E-state index contributed by atoms with van der Waals surface area (Å²) in [6, 6.07) is 0. The van der Waals surface area contributed by atoms with Crippen LogP contribution in [-0.4, -0.2) is 23.8 Å². The van der Waals surface area contributed by atoms with Crippen LogP contribution in [0.4, 0.5) is 0 Å². The highest BCUT2D eigenvalue weighted by Gasteiger charge is 2.60. The molecular formula is C23H39NOS. The largest absolute Gasteiger partial charge is 0.330 e. The maximum Gasteiger partial charge on any atom is 0.139 e. The van der Waals surface area contributed by atoms with Gasteiger partial charge >= 0.3 is 0 Å². The number of Topliss-reactive ketones (excluding diaryl/α,β-unsaturated/α-hetero) is 1. The average Bonchev–Trinajstić information content (AvgIpc) is 2.94. The summed E-state index contributed by atoms with van der Waals surface area (Å²) in [6.07, 6.45) is 12.9. The van der Waals surface area contributed by atoms with Crippen molar-refractivity contribution >= 4 is 17.5 Å². The van der Waals surface area contributed by atoms with Gasteiger partial charge in [0.15, 0.2) is 0 Å². The highest BCUT2D eigenvalue weighted by molar-refractivity contribution is 7.99. The van der Waals surface area contributed by atoms with Crippen LogP contribution in [0.5, 0.6) is 0 Å². The topological polar surface area (TPSA) is 43.1 Å². The number of carbonyl (C=O) groups is 1. The van der Waals surface area contributed by atoms with Gasteiger partial charge in [-0.1, -0.05) is 13.8 Å². The molecule has 148 valence electrons. The van der Waals surface area contributed by atoms with Gasteiger partial charge in [-0.05, 0) is 111 Å². The molecule has 4 rings (SSSR count). The highest BCUT2D eigenvalue weighted by atomic mass is 32.2. The molecule has 26 heavy (non-hydrogen) atoms. The fraction of sp³-hybridized carbons (Fsp3) is 0.957.